The SMILES string of the molecule is CCc1ccccc1C(N)Cc1ccn(C(C)CC)n1. The smallest absolute Gasteiger partial charge is 0.0643 e. The zero-order valence-corrected chi connectivity index (χ0v) is 12.7. The molecule has 2 rings (SSSR count). The molecule has 0 saturated heterocycles. The highest BCUT2D eigenvalue weighted by molar-refractivity contribution is 5.30. The lowest BCUT2D eigenvalue weighted by atomic mass is 9.96. The number of nitrogens with two attached hydrogens (primary N) is 1. The maximum absolute atomic E-state index is 6.37. The lowest BCUT2D eigenvalue weighted by Gasteiger charge is -2.15. The molecule has 0 fully saturated rings. The standard InChI is InChI=1S/C17H25N3/c1-4-13(3)20-11-10-15(19-20)12-17(18)16-9-7-6-8-14(16)5-2/h6-11,13,17H,4-5,12,18H2,1-3H3. The molecule has 0 bridgehead atoms. The summed E-state index contributed by atoms with van der Waals surface area (Å²) in [5.41, 5.74) is 10.0. The van der Waals surface area contributed by atoms with Gasteiger partial charge in [-0.15, -0.1) is 0 Å². The van der Waals surface area contributed by atoms with Crippen molar-refractivity contribution in [1.29, 1.82) is 0 Å². The van der Waals surface area contributed by atoms with Gasteiger partial charge < -0.3 is 5.73 Å². The Morgan fingerprint density at radius 1 is 1.20 bits per heavy atom. The van der Waals surface area contributed by atoms with Gasteiger partial charge >= 0.3 is 0 Å². The summed E-state index contributed by atoms with van der Waals surface area (Å²) in [7, 11) is 0. The highest BCUT2D eigenvalue weighted by Gasteiger charge is 2.13. The van der Waals surface area contributed by atoms with Crippen molar-refractivity contribution in [3.8, 4) is 0 Å². The van der Waals surface area contributed by atoms with Crippen LogP contribution in [0.15, 0.2) is 36.5 Å². The minimum atomic E-state index is 0.0198. The van der Waals surface area contributed by atoms with Gasteiger partial charge in [0.05, 0.1) is 5.69 Å². The topological polar surface area (TPSA) is 43.8 Å². The van der Waals surface area contributed by atoms with Crippen LogP contribution in [0.2, 0.25) is 0 Å². The van der Waals surface area contributed by atoms with E-state index in [2.05, 4.69) is 62.4 Å². The molecule has 0 aliphatic rings. The van der Waals surface area contributed by atoms with E-state index in [4.69, 9.17) is 5.73 Å². The molecule has 2 atom stereocenters. The third kappa shape index (κ3) is 3.28. The molecule has 0 radical (unpaired) electrons. The fourth-order valence-corrected chi connectivity index (χ4v) is 2.47. The molecule has 3 heteroatoms. The first-order valence-electron chi connectivity index (χ1n) is 7.53. The molecule has 0 saturated carbocycles. The van der Waals surface area contributed by atoms with E-state index in [1.54, 1.807) is 0 Å². The van der Waals surface area contributed by atoms with Crippen LogP contribution in [0.4, 0.5) is 0 Å². The van der Waals surface area contributed by atoms with E-state index in [-0.39, 0.29) is 6.04 Å². The molecule has 0 aliphatic heterocycles. The van der Waals surface area contributed by atoms with Crippen molar-refractivity contribution in [2.24, 2.45) is 5.73 Å². The van der Waals surface area contributed by atoms with Crippen molar-refractivity contribution in [1.82, 2.24) is 9.78 Å². The first-order chi connectivity index (χ1) is 9.65. The van der Waals surface area contributed by atoms with Crippen molar-refractivity contribution in [3.05, 3.63) is 53.3 Å². The quantitative estimate of drug-likeness (QED) is 0.871. The summed E-state index contributed by atoms with van der Waals surface area (Å²) < 4.78 is 2.04. The largest absolute Gasteiger partial charge is 0.324 e. The van der Waals surface area contributed by atoms with E-state index in [9.17, 15) is 0 Å². The molecule has 0 amide bonds. The molecule has 1 heterocycles. The Labute approximate surface area is 121 Å². The molecule has 0 spiro atoms. The van der Waals surface area contributed by atoms with Crippen LogP contribution in [0.5, 0.6) is 0 Å². The summed E-state index contributed by atoms with van der Waals surface area (Å²) >= 11 is 0. The van der Waals surface area contributed by atoms with E-state index in [1.165, 1.54) is 11.1 Å². The third-order valence-electron chi connectivity index (χ3n) is 3.97. The highest BCUT2D eigenvalue weighted by Crippen LogP contribution is 2.20. The summed E-state index contributed by atoms with van der Waals surface area (Å²) in [5, 5.41) is 4.64. The summed E-state index contributed by atoms with van der Waals surface area (Å²) in [6.07, 6.45) is 4.96. The Morgan fingerprint density at radius 2 is 1.95 bits per heavy atom. The molecule has 1 aromatic carbocycles. The minimum absolute atomic E-state index is 0.0198. The Bertz CT molecular complexity index is 545. The molecule has 0 aliphatic carbocycles. The van der Waals surface area contributed by atoms with Crippen LogP contribution in [-0.2, 0) is 12.8 Å². The van der Waals surface area contributed by atoms with Crippen LogP contribution in [-0.4, -0.2) is 9.78 Å². The van der Waals surface area contributed by atoms with E-state index in [0.29, 0.717) is 6.04 Å². The summed E-state index contributed by atoms with van der Waals surface area (Å²) in [6.45, 7) is 6.53. The maximum Gasteiger partial charge on any atom is 0.0643 e. The predicted octanol–water partition coefficient (Wildman–Crippen LogP) is 3.66. The van der Waals surface area contributed by atoms with Gasteiger partial charge in [0.15, 0.2) is 0 Å². The normalized spacial score (nSPS) is 14.2. The van der Waals surface area contributed by atoms with Crippen LogP contribution in [0, 0.1) is 0 Å². The van der Waals surface area contributed by atoms with Gasteiger partial charge in [0.2, 0.25) is 0 Å². The summed E-state index contributed by atoms with van der Waals surface area (Å²) in [5.74, 6) is 0. The highest BCUT2D eigenvalue weighted by atomic mass is 15.3. The zero-order chi connectivity index (χ0) is 14.5. The van der Waals surface area contributed by atoms with Crippen molar-refractivity contribution in [2.75, 3.05) is 0 Å². The maximum atomic E-state index is 6.37. The second kappa shape index (κ2) is 6.71. The van der Waals surface area contributed by atoms with E-state index < -0.39 is 0 Å². The van der Waals surface area contributed by atoms with Crippen molar-refractivity contribution >= 4 is 0 Å². The predicted molar refractivity (Wildman–Crippen MR) is 83.7 cm³/mol. The fraction of sp³-hybridized carbons (Fsp3) is 0.471. The average Bonchev–Trinajstić information content (AvgIpc) is 2.94. The molecule has 2 aromatic rings. The zero-order valence-electron chi connectivity index (χ0n) is 12.7. The first-order valence-corrected chi connectivity index (χ1v) is 7.53. The van der Waals surface area contributed by atoms with Crippen molar-refractivity contribution in [2.45, 2.75) is 52.1 Å². The first kappa shape index (κ1) is 14.8. The molecule has 1 aromatic heterocycles. The van der Waals surface area contributed by atoms with E-state index >= 15 is 0 Å². The number of nitrogens with zero attached hydrogens (tertiary/aromatic N) is 2. The van der Waals surface area contributed by atoms with Gasteiger partial charge in [0.25, 0.3) is 0 Å². The van der Waals surface area contributed by atoms with Gasteiger partial charge in [-0.2, -0.15) is 5.10 Å². The van der Waals surface area contributed by atoms with Crippen molar-refractivity contribution in [3.63, 3.8) is 0 Å². The number of aryl methyl sites for hydroxylation is 1. The van der Waals surface area contributed by atoms with E-state index in [1.807, 2.05) is 4.68 Å². The van der Waals surface area contributed by atoms with Gasteiger partial charge in [-0.1, -0.05) is 38.1 Å². The van der Waals surface area contributed by atoms with Crippen LogP contribution in [0.25, 0.3) is 0 Å². The molecule has 2 N–H and O–H groups in total. The van der Waals surface area contributed by atoms with Gasteiger partial charge in [0.1, 0.15) is 0 Å². The molecular weight excluding hydrogens is 246 g/mol. The number of benzene rings is 1. The number of rotatable bonds is 6. The van der Waals surface area contributed by atoms with E-state index in [0.717, 1.165) is 25.0 Å². The molecular formula is C17H25N3. The number of hydrogen-bond acceptors (Lipinski definition) is 2. The molecule has 108 valence electrons. The van der Waals surface area contributed by atoms with Crippen LogP contribution < -0.4 is 5.73 Å². The van der Waals surface area contributed by atoms with Crippen LogP contribution >= 0.6 is 0 Å². The van der Waals surface area contributed by atoms with Gasteiger partial charge in [-0.05, 0) is 37.0 Å². The van der Waals surface area contributed by atoms with Crippen LogP contribution in [0.1, 0.15) is 56.1 Å². The van der Waals surface area contributed by atoms with Gasteiger partial charge in [0, 0.05) is 24.7 Å². The van der Waals surface area contributed by atoms with Gasteiger partial charge in [-0.25, -0.2) is 0 Å². The van der Waals surface area contributed by atoms with Gasteiger partial charge in [-0.3, -0.25) is 4.68 Å². The third-order valence-corrected chi connectivity index (χ3v) is 3.97. The monoisotopic (exact) mass is 271 g/mol. The van der Waals surface area contributed by atoms with Crippen molar-refractivity contribution < 1.29 is 0 Å². The number of aromatic nitrogens is 2. The lowest BCUT2D eigenvalue weighted by Crippen LogP contribution is -2.16. The Kier molecular flexibility index (Phi) is 4.96. The lowest BCUT2D eigenvalue weighted by molar-refractivity contribution is 0.472. The molecule has 2 unspecified atom stereocenters. The average molecular weight is 271 g/mol. The summed E-state index contributed by atoms with van der Waals surface area (Å²) in [6, 6.07) is 11.0. The number of hydrogen-bond donors (Lipinski definition) is 1. The Morgan fingerprint density at radius 3 is 2.65 bits per heavy atom. The second-order valence-corrected chi connectivity index (χ2v) is 5.41. The molecule has 3 nitrogen and oxygen atoms in total. The Hall–Kier alpha value is -1.61. The minimum Gasteiger partial charge on any atom is -0.324 e. The fourth-order valence-electron chi connectivity index (χ4n) is 2.47. The molecule has 20 heavy (non-hydrogen) atoms. The summed E-state index contributed by atoms with van der Waals surface area (Å²) in [4.78, 5) is 0. The second-order valence-electron chi connectivity index (χ2n) is 5.41. The Balaban J connectivity index is 2.11. The van der Waals surface area contributed by atoms with Crippen LogP contribution in [0.3, 0.4) is 0 Å².